The molecule has 0 radical (unpaired) electrons. The van der Waals surface area contributed by atoms with Gasteiger partial charge in [0.05, 0.1) is 11.6 Å². The molecule has 0 aliphatic carbocycles. The molecule has 0 spiro atoms. The lowest BCUT2D eigenvalue weighted by Gasteiger charge is -2.35. The van der Waals surface area contributed by atoms with Crippen molar-refractivity contribution in [2.45, 2.75) is 90.1 Å². The van der Waals surface area contributed by atoms with E-state index in [0.717, 1.165) is 5.56 Å². The minimum atomic E-state index is -0.978. The number of aliphatic hydroxyl groups excluding tert-OH is 1. The molecule has 0 unspecified atom stereocenters. The first-order valence-corrected chi connectivity index (χ1v) is 12.0. The van der Waals surface area contributed by atoms with Crippen LogP contribution in [-0.4, -0.2) is 55.4 Å². The van der Waals surface area contributed by atoms with Gasteiger partial charge in [0.2, 0.25) is 0 Å². The SMILES string of the molecule is CC(C)(C)Nc1ccc([C@@H](O)[C@H]2CC[C@@H](Cc3ccc(C(=O)O)cc3)N2C(=O)OC(C)(C)C)cn1. The number of benzene rings is 1. The molecule has 0 bridgehead atoms. The normalized spacial score (nSPS) is 19.3. The molecule has 35 heavy (non-hydrogen) atoms. The van der Waals surface area contributed by atoms with E-state index < -0.39 is 29.8 Å². The average molecular weight is 484 g/mol. The summed E-state index contributed by atoms with van der Waals surface area (Å²) in [4.78, 5) is 30.5. The van der Waals surface area contributed by atoms with Gasteiger partial charge in [-0.2, -0.15) is 0 Å². The molecule has 1 aliphatic rings. The van der Waals surface area contributed by atoms with Gasteiger partial charge in [0.15, 0.2) is 0 Å². The van der Waals surface area contributed by atoms with Gasteiger partial charge in [0.1, 0.15) is 17.5 Å². The molecule has 1 aromatic carbocycles. The number of anilines is 1. The molecule has 2 heterocycles. The summed E-state index contributed by atoms with van der Waals surface area (Å²) in [7, 11) is 0. The first kappa shape index (κ1) is 26.5. The van der Waals surface area contributed by atoms with E-state index in [1.165, 1.54) is 0 Å². The maximum Gasteiger partial charge on any atom is 0.410 e. The van der Waals surface area contributed by atoms with Crippen LogP contribution in [0.3, 0.4) is 0 Å². The molecule has 1 aromatic heterocycles. The van der Waals surface area contributed by atoms with E-state index in [0.29, 0.717) is 30.6 Å². The zero-order valence-electron chi connectivity index (χ0n) is 21.4. The second-order valence-electron chi connectivity index (χ2n) is 11.2. The number of carbonyl (C=O) groups is 2. The number of amides is 1. The molecule has 0 saturated carbocycles. The first-order valence-electron chi connectivity index (χ1n) is 12.0. The van der Waals surface area contributed by atoms with Gasteiger partial charge in [-0.1, -0.05) is 18.2 Å². The van der Waals surface area contributed by atoms with Crippen molar-refractivity contribution in [1.82, 2.24) is 9.88 Å². The lowest BCUT2D eigenvalue weighted by molar-refractivity contribution is -0.00459. The number of rotatable bonds is 6. The minimum absolute atomic E-state index is 0.137. The lowest BCUT2D eigenvalue weighted by Crippen LogP contribution is -2.47. The Kier molecular flexibility index (Phi) is 7.74. The number of carboxylic acid groups (broad SMARTS) is 1. The van der Waals surface area contributed by atoms with E-state index >= 15 is 0 Å². The monoisotopic (exact) mass is 483 g/mol. The Morgan fingerprint density at radius 3 is 2.26 bits per heavy atom. The zero-order chi connectivity index (χ0) is 26.0. The number of ether oxygens (including phenoxy) is 1. The summed E-state index contributed by atoms with van der Waals surface area (Å²) in [6, 6.07) is 9.68. The topological polar surface area (TPSA) is 112 Å². The number of aromatic nitrogens is 1. The van der Waals surface area contributed by atoms with Crippen LogP contribution >= 0.6 is 0 Å². The lowest BCUT2D eigenvalue weighted by atomic mass is 10.0. The van der Waals surface area contributed by atoms with E-state index in [4.69, 9.17) is 9.84 Å². The van der Waals surface area contributed by atoms with Crippen LogP contribution in [0.5, 0.6) is 0 Å². The van der Waals surface area contributed by atoms with Gasteiger partial charge < -0.3 is 20.3 Å². The molecule has 1 saturated heterocycles. The minimum Gasteiger partial charge on any atom is -0.478 e. The largest absolute Gasteiger partial charge is 0.478 e. The molecule has 1 aliphatic heterocycles. The van der Waals surface area contributed by atoms with Crippen molar-refractivity contribution in [2.75, 3.05) is 5.32 Å². The highest BCUT2D eigenvalue weighted by Crippen LogP contribution is 2.36. The third kappa shape index (κ3) is 7.18. The third-order valence-corrected chi connectivity index (χ3v) is 5.82. The van der Waals surface area contributed by atoms with Crippen molar-refractivity contribution in [2.24, 2.45) is 0 Å². The predicted molar refractivity (Wildman–Crippen MR) is 135 cm³/mol. The van der Waals surface area contributed by atoms with Crippen molar-refractivity contribution in [3.63, 3.8) is 0 Å². The van der Waals surface area contributed by atoms with Crippen molar-refractivity contribution >= 4 is 17.9 Å². The van der Waals surface area contributed by atoms with Gasteiger partial charge in [0.25, 0.3) is 0 Å². The summed E-state index contributed by atoms with van der Waals surface area (Å²) >= 11 is 0. The van der Waals surface area contributed by atoms with E-state index in [1.54, 1.807) is 35.4 Å². The Morgan fingerprint density at radius 2 is 1.74 bits per heavy atom. The molecule has 2 aromatic rings. The molecule has 3 atom stereocenters. The Labute approximate surface area is 207 Å². The average Bonchev–Trinajstić information content (AvgIpc) is 3.15. The second kappa shape index (κ2) is 10.2. The van der Waals surface area contributed by atoms with Crippen LogP contribution in [0.1, 0.15) is 82.0 Å². The zero-order valence-corrected chi connectivity index (χ0v) is 21.4. The van der Waals surface area contributed by atoms with Crippen molar-refractivity contribution in [3.8, 4) is 0 Å². The van der Waals surface area contributed by atoms with Gasteiger partial charge >= 0.3 is 12.1 Å². The molecule has 3 rings (SSSR count). The summed E-state index contributed by atoms with van der Waals surface area (Å²) in [6.07, 6.45) is 2.10. The smallest absolute Gasteiger partial charge is 0.410 e. The van der Waals surface area contributed by atoms with E-state index in [1.807, 2.05) is 53.7 Å². The molecular weight excluding hydrogens is 446 g/mol. The number of aliphatic hydroxyl groups is 1. The highest BCUT2D eigenvalue weighted by atomic mass is 16.6. The second-order valence-corrected chi connectivity index (χ2v) is 11.2. The highest BCUT2D eigenvalue weighted by molar-refractivity contribution is 5.87. The summed E-state index contributed by atoms with van der Waals surface area (Å²) in [5, 5.41) is 23.7. The van der Waals surface area contributed by atoms with Crippen LogP contribution in [0, 0.1) is 0 Å². The van der Waals surface area contributed by atoms with Crippen LogP contribution in [0.2, 0.25) is 0 Å². The first-order chi connectivity index (χ1) is 16.2. The number of carboxylic acids is 1. The predicted octanol–water partition coefficient (Wildman–Crippen LogP) is 5.03. The third-order valence-electron chi connectivity index (χ3n) is 5.82. The highest BCUT2D eigenvalue weighted by Gasteiger charge is 2.43. The fourth-order valence-electron chi connectivity index (χ4n) is 4.34. The van der Waals surface area contributed by atoms with Crippen LogP contribution in [0.25, 0.3) is 0 Å². The summed E-state index contributed by atoms with van der Waals surface area (Å²) in [5.74, 6) is -0.264. The van der Waals surface area contributed by atoms with Crippen LogP contribution < -0.4 is 5.32 Å². The Balaban J connectivity index is 1.82. The molecule has 8 heteroatoms. The number of hydrogen-bond acceptors (Lipinski definition) is 6. The van der Waals surface area contributed by atoms with Crippen LogP contribution in [-0.2, 0) is 11.2 Å². The summed E-state index contributed by atoms with van der Waals surface area (Å²) < 4.78 is 5.70. The van der Waals surface area contributed by atoms with Crippen molar-refractivity contribution < 1.29 is 24.5 Å². The van der Waals surface area contributed by atoms with Crippen molar-refractivity contribution in [1.29, 1.82) is 0 Å². The number of hydrogen-bond donors (Lipinski definition) is 3. The Hall–Kier alpha value is -3.13. The van der Waals surface area contributed by atoms with Gasteiger partial charge in [-0.3, -0.25) is 4.90 Å². The number of nitrogens with zero attached hydrogens (tertiary/aromatic N) is 2. The standard InChI is InChI=1S/C27H37N3O5/c1-26(2,3)29-22-14-11-19(16-28-22)23(31)21-13-12-20(30(21)25(34)35-27(4,5)6)15-17-7-9-18(10-8-17)24(32)33/h7-11,14,16,20-21,23,31H,12-13,15H2,1-6H3,(H,28,29)(H,32,33)/t20-,21+,23+/m0/s1. The van der Waals surface area contributed by atoms with Gasteiger partial charge in [-0.05, 0) is 84.6 Å². The quantitative estimate of drug-likeness (QED) is 0.528. The van der Waals surface area contributed by atoms with Gasteiger partial charge in [-0.15, -0.1) is 0 Å². The molecule has 190 valence electrons. The maximum atomic E-state index is 13.3. The number of aromatic carboxylic acids is 1. The van der Waals surface area contributed by atoms with E-state index in [-0.39, 0.29) is 17.1 Å². The number of likely N-dealkylation sites (tertiary alicyclic amines) is 1. The molecule has 1 amide bonds. The van der Waals surface area contributed by atoms with Crippen molar-refractivity contribution in [3.05, 3.63) is 59.3 Å². The maximum absolute atomic E-state index is 13.3. The van der Waals surface area contributed by atoms with E-state index in [9.17, 15) is 14.7 Å². The number of carbonyl (C=O) groups excluding carboxylic acids is 1. The van der Waals surface area contributed by atoms with Crippen LogP contribution in [0.15, 0.2) is 42.6 Å². The van der Waals surface area contributed by atoms with Crippen LogP contribution in [0.4, 0.5) is 10.6 Å². The number of nitrogens with one attached hydrogen (secondary N) is 1. The fourth-order valence-corrected chi connectivity index (χ4v) is 4.34. The summed E-state index contributed by atoms with van der Waals surface area (Å²) in [6.45, 7) is 11.6. The van der Waals surface area contributed by atoms with Gasteiger partial charge in [0, 0.05) is 23.3 Å². The van der Waals surface area contributed by atoms with E-state index in [2.05, 4.69) is 10.3 Å². The molecule has 1 fully saturated rings. The Bertz CT molecular complexity index is 1020. The number of pyridine rings is 1. The Morgan fingerprint density at radius 1 is 1.09 bits per heavy atom. The molecular formula is C27H37N3O5. The fraction of sp³-hybridized carbons (Fsp3) is 0.519. The summed E-state index contributed by atoms with van der Waals surface area (Å²) in [5.41, 5.74) is 0.957. The van der Waals surface area contributed by atoms with Gasteiger partial charge in [-0.25, -0.2) is 14.6 Å². The molecule has 3 N–H and O–H groups in total. The molecule has 8 nitrogen and oxygen atoms in total.